The molecular formula is C96H109N23O7. The number of carbonyl (C=O) groups excluding carboxylic acids is 1. The number of benzene rings is 5. The minimum Gasteiger partial charge on any atom is -0.490 e. The highest BCUT2D eigenvalue weighted by Gasteiger charge is 2.25. The Morgan fingerprint density at radius 1 is 0.405 bits per heavy atom. The lowest BCUT2D eigenvalue weighted by molar-refractivity contribution is -0.114. The fourth-order valence-electron chi connectivity index (χ4n) is 15.8. The lowest BCUT2D eigenvalue weighted by Gasteiger charge is -2.27. The van der Waals surface area contributed by atoms with Crippen LogP contribution in [0.3, 0.4) is 0 Å². The maximum atomic E-state index is 11.2. The highest BCUT2D eigenvalue weighted by atomic mass is 16.5. The quantitative estimate of drug-likeness (QED) is 0.0313. The molecule has 0 saturated carbocycles. The van der Waals surface area contributed by atoms with E-state index >= 15 is 0 Å². The van der Waals surface area contributed by atoms with Crippen molar-refractivity contribution in [2.75, 3.05) is 107 Å². The summed E-state index contributed by atoms with van der Waals surface area (Å²) in [5.41, 5.74) is 56.8. The third-order valence-corrected chi connectivity index (χ3v) is 22.2. The van der Waals surface area contributed by atoms with E-state index in [4.69, 9.17) is 62.1 Å². The van der Waals surface area contributed by atoms with E-state index in [9.17, 15) is 4.79 Å². The molecule has 13 aromatic rings. The van der Waals surface area contributed by atoms with E-state index in [2.05, 4.69) is 189 Å². The number of nitrogen functional groups attached to an aromatic ring is 5. The number of ether oxygens (including phenoxy) is 6. The van der Waals surface area contributed by atoms with Gasteiger partial charge >= 0.3 is 0 Å². The highest BCUT2D eigenvalue weighted by Crippen LogP contribution is 2.37. The summed E-state index contributed by atoms with van der Waals surface area (Å²) in [6, 6.07) is 38.1. The number of nitrogens with two attached hydrogens (primary N) is 5. The van der Waals surface area contributed by atoms with Crippen molar-refractivity contribution in [3.8, 4) is 85.8 Å². The third kappa shape index (κ3) is 22.5. The molecule has 5 aromatic carbocycles. The van der Waals surface area contributed by atoms with Gasteiger partial charge in [0.1, 0.15) is 43.8 Å². The van der Waals surface area contributed by atoms with Gasteiger partial charge in [0, 0.05) is 124 Å². The number of anilines is 7. The third-order valence-electron chi connectivity index (χ3n) is 22.2. The van der Waals surface area contributed by atoms with Gasteiger partial charge in [0.15, 0.2) is 40.6 Å². The highest BCUT2D eigenvalue weighted by molar-refractivity contribution is 5.87. The van der Waals surface area contributed by atoms with E-state index in [0.29, 0.717) is 48.1 Å². The van der Waals surface area contributed by atoms with Gasteiger partial charge in [-0.25, -0.2) is 54.8 Å². The molecule has 4 aliphatic heterocycles. The van der Waals surface area contributed by atoms with E-state index in [1.807, 2.05) is 68.4 Å². The molecule has 30 heteroatoms. The van der Waals surface area contributed by atoms with Crippen LogP contribution in [0.1, 0.15) is 110 Å². The number of amides is 1. The number of rotatable bonds is 23. The van der Waals surface area contributed by atoms with Crippen LogP contribution in [0.15, 0.2) is 171 Å². The number of hydrogen-bond donors (Lipinski definition) is 7. The molecule has 0 radical (unpaired) electrons. The summed E-state index contributed by atoms with van der Waals surface area (Å²) in [7, 11) is 8.58. The molecule has 0 spiro atoms. The molecular weight excluding hydrogens is 1590 g/mol. The van der Waals surface area contributed by atoms with Crippen LogP contribution in [-0.2, 0) is 83.1 Å². The van der Waals surface area contributed by atoms with Crippen LogP contribution in [0.5, 0.6) is 40.8 Å². The average molecular weight is 1700 g/mol. The van der Waals surface area contributed by atoms with E-state index in [-0.39, 0.29) is 60.8 Å². The van der Waals surface area contributed by atoms with Gasteiger partial charge in [-0.2, -0.15) is 0 Å². The Kier molecular flexibility index (Phi) is 28.7. The molecule has 4 aliphatic rings. The summed E-state index contributed by atoms with van der Waals surface area (Å²) in [6.45, 7) is 24.3. The summed E-state index contributed by atoms with van der Waals surface area (Å²) in [6.07, 6.45) is 19.4. The second kappa shape index (κ2) is 41.0. The first-order chi connectivity index (χ1) is 60.9. The Morgan fingerprint density at radius 3 is 1.17 bits per heavy atom. The molecule has 8 aromatic heterocycles. The number of para-hydroxylation sites is 1. The first kappa shape index (κ1) is 88.2. The van der Waals surface area contributed by atoms with E-state index in [0.717, 1.165) is 163 Å². The lowest BCUT2D eigenvalue weighted by atomic mass is 9.92. The molecule has 17 rings (SSSR count). The van der Waals surface area contributed by atoms with Crippen LogP contribution < -0.4 is 67.7 Å². The molecule has 12 N–H and O–H groups in total. The van der Waals surface area contributed by atoms with Gasteiger partial charge < -0.3 is 87.3 Å². The largest absolute Gasteiger partial charge is 0.490 e. The van der Waals surface area contributed by atoms with Crippen LogP contribution in [-0.4, -0.2) is 153 Å². The number of aryl methyl sites for hydroxylation is 4. The molecule has 30 nitrogen and oxygen atoms in total. The van der Waals surface area contributed by atoms with Crippen molar-refractivity contribution in [3.05, 3.63) is 260 Å². The van der Waals surface area contributed by atoms with Crippen molar-refractivity contribution in [1.29, 1.82) is 0 Å². The predicted molar refractivity (Wildman–Crippen MR) is 491 cm³/mol. The van der Waals surface area contributed by atoms with Crippen LogP contribution >= 0.6 is 0 Å². The number of pyridine rings is 4. The first-order valence-corrected chi connectivity index (χ1v) is 42.1. The zero-order valence-corrected chi connectivity index (χ0v) is 73.3. The molecule has 0 aliphatic carbocycles. The van der Waals surface area contributed by atoms with Gasteiger partial charge in [-0.3, -0.25) is 9.78 Å². The number of carbonyl (C=O) groups is 1. The summed E-state index contributed by atoms with van der Waals surface area (Å²) in [5, 5.41) is 5.86. The van der Waals surface area contributed by atoms with Crippen molar-refractivity contribution >= 4 is 46.6 Å². The van der Waals surface area contributed by atoms with Crippen molar-refractivity contribution in [2.45, 2.75) is 127 Å². The van der Waals surface area contributed by atoms with Gasteiger partial charge in [0.25, 0.3) is 23.5 Å². The lowest BCUT2D eigenvalue weighted by Crippen LogP contribution is -2.27. The molecule has 0 bridgehead atoms. The van der Waals surface area contributed by atoms with Gasteiger partial charge in [0.2, 0.25) is 5.91 Å². The topological polar surface area (TPSA) is 394 Å². The fraction of sp³-hybridized carbons (Fsp3) is 0.302. The number of hydrogen-bond acceptors (Lipinski definition) is 29. The monoisotopic (exact) mass is 1700 g/mol. The Morgan fingerprint density at radius 2 is 0.778 bits per heavy atom. The Labute approximate surface area is 734 Å². The standard InChI is InChI=1S/C27H27N5O2.C23H26N6O2.C23H28N6O2.C23H28N6O/c1-18-12-20(13-21-16-32(2)11-9-23(18)21)24-14-30-26(28)27(31-24)33-17-19-8-10-29-15-25(19)34-22-6-4-3-5-7-22;1-14-8-17(10-18-12-29(3)7-5-19(14)18)20-11-26-22(24)23(28-20)31-13-16-4-6-25-21(9-16)27-15(2)30;1-4-30-20-15(5-7-26-21(20)24)13-31-23-22(25)27-11-19(28-23)16-9-14(2)18-6-8-29(3)12-17(18)10-16;1-4-25-21-10-16(5-7-26-21)14-30-23-22(24)27-12-20(28-23)17-9-15(2)19-6-8-29(3)13-18(19)11-17/h3-8,10,12-15H,9,11,16-17H2,1-2H3,(H2,28,30);4,6,8-11H,5,7,12-13H2,1-3H3,(H2,24,26)(H,25,27,30);5,7,9-11H,4,6,8,12-13H2,1-3H3,(H2,24,26)(H2,25,27);5,7,9-12H,4,6,8,13-14H2,1-3H3,(H2,24,27)(H,25,26). The van der Waals surface area contributed by atoms with Gasteiger partial charge in [-0.05, 0) is 270 Å². The zero-order valence-electron chi connectivity index (χ0n) is 73.3. The SMILES string of the molecule is CC(=O)Nc1cc(COc2nc(-c3cc(C)c4c(c3)CN(C)CC4)cnc2N)ccn1.CCNc1cc(COc2nc(-c3cc(C)c4c(c3)CN(C)CC4)cnc2N)ccn1.CCOc1c(COc2nc(-c3cc(C)c4c(c3)CN(C)CC4)cnc2N)ccnc1N.Cc1cc(-c2cnc(N)c(OCc3ccncc3Oc3ccccc3)n2)cc2c1CCN(C)C2. The molecule has 12 heterocycles. The zero-order chi connectivity index (χ0) is 88.5. The number of nitrogens with one attached hydrogen (secondary N) is 2. The minimum atomic E-state index is -0.181. The Balaban J connectivity index is 0.000000136. The van der Waals surface area contributed by atoms with Crippen molar-refractivity contribution in [2.24, 2.45) is 0 Å². The maximum Gasteiger partial charge on any atom is 0.258 e. The molecule has 0 fully saturated rings. The summed E-state index contributed by atoms with van der Waals surface area (Å²) < 4.78 is 35.3. The summed E-state index contributed by atoms with van der Waals surface area (Å²) in [4.78, 5) is 73.1. The maximum absolute atomic E-state index is 11.2. The fourth-order valence-corrected chi connectivity index (χ4v) is 15.8. The van der Waals surface area contributed by atoms with Gasteiger partial charge in [-0.15, -0.1) is 0 Å². The Hall–Kier alpha value is -14.1. The summed E-state index contributed by atoms with van der Waals surface area (Å²) >= 11 is 0. The molecule has 0 unspecified atom stereocenters. The van der Waals surface area contributed by atoms with E-state index < -0.39 is 0 Å². The van der Waals surface area contributed by atoms with Crippen molar-refractivity contribution in [3.63, 3.8) is 0 Å². The molecule has 1 amide bonds. The molecule has 650 valence electrons. The normalized spacial score (nSPS) is 13.5. The number of nitrogens with zero attached hydrogens (tertiary/aromatic N) is 16. The predicted octanol–water partition coefficient (Wildman–Crippen LogP) is 14.1. The van der Waals surface area contributed by atoms with E-state index in [1.54, 1.807) is 67.9 Å². The van der Waals surface area contributed by atoms with Crippen LogP contribution in [0, 0.1) is 27.7 Å². The van der Waals surface area contributed by atoms with Gasteiger partial charge in [-0.1, -0.05) is 18.2 Å². The van der Waals surface area contributed by atoms with Crippen LogP contribution in [0.2, 0.25) is 0 Å². The van der Waals surface area contributed by atoms with E-state index in [1.165, 1.54) is 73.7 Å². The second-order valence-corrected chi connectivity index (χ2v) is 31.9. The smallest absolute Gasteiger partial charge is 0.258 e. The Bertz CT molecular complexity index is 6040. The first-order valence-electron chi connectivity index (χ1n) is 42.1. The number of aromatic nitrogens is 12. The van der Waals surface area contributed by atoms with Gasteiger partial charge in [0.05, 0.1) is 60.4 Å². The van der Waals surface area contributed by atoms with Crippen molar-refractivity contribution < 1.29 is 33.2 Å². The number of fused-ring (bicyclic) bond motifs is 4. The average Bonchev–Trinajstić information content (AvgIpc) is 0.802. The summed E-state index contributed by atoms with van der Waals surface area (Å²) in [5.74, 6) is 5.50. The molecule has 0 atom stereocenters. The molecule has 0 saturated heterocycles. The van der Waals surface area contributed by atoms with Crippen molar-refractivity contribution in [1.82, 2.24) is 79.4 Å². The van der Waals surface area contributed by atoms with Crippen LogP contribution in [0.25, 0.3) is 45.0 Å². The second-order valence-electron chi connectivity index (χ2n) is 31.9. The van der Waals surface area contributed by atoms with Crippen LogP contribution in [0.4, 0.5) is 40.7 Å². The number of likely N-dealkylation sites (N-methyl/N-ethyl adjacent to an activating group) is 4. The molecule has 126 heavy (non-hydrogen) atoms. The minimum absolute atomic E-state index is 0.181.